The molecule has 0 radical (unpaired) electrons. The molecule has 174 valence electrons. The fourth-order valence-corrected chi connectivity index (χ4v) is 4.37. The molecule has 6 nitrogen and oxygen atoms in total. The van der Waals surface area contributed by atoms with Crippen LogP contribution in [0.25, 0.3) is 0 Å². The largest absolute Gasteiger partial charge is 0.486 e. The van der Waals surface area contributed by atoms with E-state index in [9.17, 15) is 9.18 Å². The van der Waals surface area contributed by atoms with Crippen molar-refractivity contribution in [1.29, 1.82) is 0 Å². The summed E-state index contributed by atoms with van der Waals surface area (Å²) in [4.78, 5) is 12.6. The van der Waals surface area contributed by atoms with Crippen LogP contribution in [-0.4, -0.2) is 15.7 Å². The number of furan rings is 1. The third kappa shape index (κ3) is 4.81. The Labute approximate surface area is 205 Å². The van der Waals surface area contributed by atoms with Gasteiger partial charge in [-0.2, -0.15) is 5.10 Å². The van der Waals surface area contributed by atoms with Crippen LogP contribution in [0.4, 0.5) is 10.2 Å². The lowest BCUT2D eigenvalue weighted by atomic mass is 10.1. The Hall–Kier alpha value is -3.29. The summed E-state index contributed by atoms with van der Waals surface area (Å²) in [6, 6.07) is 13.8. The normalized spacial score (nSPS) is 12.6. The van der Waals surface area contributed by atoms with E-state index >= 15 is 0 Å². The molecule has 9 heteroatoms. The molecule has 0 atom stereocenters. The van der Waals surface area contributed by atoms with Crippen molar-refractivity contribution in [1.82, 2.24) is 9.78 Å². The smallest absolute Gasteiger partial charge is 0.292 e. The molecule has 1 aliphatic rings. The minimum absolute atomic E-state index is 0.0615. The second kappa shape index (κ2) is 9.52. The van der Waals surface area contributed by atoms with Gasteiger partial charge >= 0.3 is 0 Å². The molecule has 0 saturated carbocycles. The molecular formula is C25H20Cl2FN3O3. The molecule has 2 aromatic carbocycles. The number of ether oxygens (including phenoxy) is 1. The van der Waals surface area contributed by atoms with Gasteiger partial charge in [-0.3, -0.25) is 9.48 Å². The van der Waals surface area contributed by atoms with Gasteiger partial charge in [0.15, 0.2) is 11.6 Å². The van der Waals surface area contributed by atoms with Crippen LogP contribution in [0, 0.1) is 5.82 Å². The number of fused-ring (bicyclic) bond motifs is 1. The highest BCUT2D eigenvalue weighted by Crippen LogP contribution is 2.27. The van der Waals surface area contributed by atoms with E-state index in [1.807, 2.05) is 6.07 Å². The van der Waals surface area contributed by atoms with Gasteiger partial charge < -0.3 is 14.5 Å². The number of aryl methyl sites for hydroxylation is 2. The summed E-state index contributed by atoms with van der Waals surface area (Å²) < 4.78 is 26.9. The number of nitrogens with one attached hydrogen (secondary N) is 1. The number of nitrogens with zero attached hydrogens (tertiary/aromatic N) is 2. The molecule has 1 amide bonds. The average Bonchev–Trinajstić information content (AvgIpc) is 3.55. The first-order valence-corrected chi connectivity index (χ1v) is 11.5. The first-order valence-electron chi connectivity index (χ1n) is 10.8. The van der Waals surface area contributed by atoms with Crippen LogP contribution >= 0.6 is 23.2 Å². The molecular weight excluding hydrogens is 480 g/mol. The van der Waals surface area contributed by atoms with Crippen molar-refractivity contribution < 1.29 is 18.3 Å². The predicted octanol–water partition coefficient (Wildman–Crippen LogP) is 6.29. The van der Waals surface area contributed by atoms with Crippen molar-refractivity contribution in [2.75, 3.05) is 5.32 Å². The van der Waals surface area contributed by atoms with Gasteiger partial charge in [0.25, 0.3) is 5.91 Å². The van der Waals surface area contributed by atoms with Crippen LogP contribution in [0.3, 0.4) is 0 Å². The van der Waals surface area contributed by atoms with E-state index in [4.69, 9.17) is 32.4 Å². The van der Waals surface area contributed by atoms with Crippen LogP contribution in [-0.2, 0) is 26.0 Å². The van der Waals surface area contributed by atoms with Gasteiger partial charge in [-0.05, 0) is 66.8 Å². The first-order chi connectivity index (χ1) is 16.5. The summed E-state index contributed by atoms with van der Waals surface area (Å²) in [6.07, 6.45) is 4.85. The Balaban J connectivity index is 1.21. The van der Waals surface area contributed by atoms with Crippen molar-refractivity contribution in [3.8, 4) is 5.75 Å². The molecule has 0 spiro atoms. The van der Waals surface area contributed by atoms with Crippen molar-refractivity contribution in [2.45, 2.75) is 32.4 Å². The number of rotatable bonds is 7. The lowest BCUT2D eigenvalue weighted by Crippen LogP contribution is -2.12. The maximum absolute atomic E-state index is 14.1. The zero-order chi connectivity index (χ0) is 23.7. The fourth-order valence-electron chi connectivity index (χ4n) is 3.95. The molecule has 5 rings (SSSR count). The molecule has 2 heterocycles. The summed E-state index contributed by atoms with van der Waals surface area (Å²) in [5.74, 6) is 0.545. The van der Waals surface area contributed by atoms with Crippen LogP contribution in [0.1, 0.15) is 39.4 Å². The minimum Gasteiger partial charge on any atom is -0.486 e. The van der Waals surface area contributed by atoms with E-state index < -0.39 is 11.7 Å². The van der Waals surface area contributed by atoms with E-state index in [-0.39, 0.29) is 40.3 Å². The number of anilines is 1. The molecule has 2 aromatic heterocycles. The monoisotopic (exact) mass is 499 g/mol. The summed E-state index contributed by atoms with van der Waals surface area (Å²) in [7, 11) is 0. The van der Waals surface area contributed by atoms with Crippen molar-refractivity contribution >= 4 is 34.9 Å². The van der Waals surface area contributed by atoms with E-state index in [0.717, 1.165) is 18.6 Å². The van der Waals surface area contributed by atoms with Gasteiger partial charge in [0.2, 0.25) is 0 Å². The quantitative estimate of drug-likeness (QED) is 0.324. The van der Waals surface area contributed by atoms with Gasteiger partial charge in [-0.15, -0.1) is 0 Å². The molecule has 1 N–H and O–H groups in total. The van der Waals surface area contributed by atoms with E-state index in [2.05, 4.69) is 22.5 Å². The molecule has 0 saturated heterocycles. The predicted molar refractivity (Wildman–Crippen MR) is 127 cm³/mol. The van der Waals surface area contributed by atoms with Gasteiger partial charge in [0.1, 0.15) is 29.0 Å². The lowest BCUT2D eigenvalue weighted by molar-refractivity contribution is 0.0992. The minimum atomic E-state index is -0.514. The second-order valence-electron chi connectivity index (χ2n) is 8.02. The summed E-state index contributed by atoms with van der Waals surface area (Å²) in [5, 5.41) is 7.32. The number of amides is 1. The number of aromatic nitrogens is 2. The van der Waals surface area contributed by atoms with Crippen molar-refractivity contribution in [3.63, 3.8) is 0 Å². The topological polar surface area (TPSA) is 69.3 Å². The summed E-state index contributed by atoms with van der Waals surface area (Å²) in [5.41, 5.74) is 2.98. The first kappa shape index (κ1) is 22.5. The Bertz CT molecular complexity index is 1350. The molecule has 0 bridgehead atoms. The van der Waals surface area contributed by atoms with Crippen LogP contribution in [0.15, 0.2) is 59.1 Å². The molecule has 34 heavy (non-hydrogen) atoms. The highest BCUT2D eigenvalue weighted by Gasteiger charge is 2.17. The highest BCUT2D eigenvalue weighted by atomic mass is 35.5. The second-order valence-corrected chi connectivity index (χ2v) is 8.83. The van der Waals surface area contributed by atoms with Crippen molar-refractivity contribution in [2.24, 2.45) is 0 Å². The fraction of sp³-hybridized carbons (Fsp3) is 0.200. The van der Waals surface area contributed by atoms with E-state index in [1.165, 1.54) is 40.6 Å². The summed E-state index contributed by atoms with van der Waals surface area (Å²) in [6.45, 7) is 0.261. The number of carbonyl (C=O) groups is 1. The molecule has 0 unspecified atom stereocenters. The van der Waals surface area contributed by atoms with Crippen LogP contribution in [0.2, 0.25) is 10.0 Å². The van der Waals surface area contributed by atoms with E-state index in [0.29, 0.717) is 5.76 Å². The maximum atomic E-state index is 14.1. The molecule has 4 aromatic rings. The Kier molecular flexibility index (Phi) is 6.30. The van der Waals surface area contributed by atoms with Crippen molar-refractivity contribution in [3.05, 3.63) is 98.8 Å². The summed E-state index contributed by atoms with van der Waals surface area (Å²) >= 11 is 12.3. The number of halogens is 3. The molecule has 1 aliphatic carbocycles. The van der Waals surface area contributed by atoms with Gasteiger partial charge in [-0.1, -0.05) is 35.3 Å². The number of hydrogen-bond donors (Lipinski definition) is 1. The highest BCUT2D eigenvalue weighted by molar-refractivity contribution is 6.33. The zero-order valence-electron chi connectivity index (χ0n) is 18.0. The van der Waals surface area contributed by atoms with E-state index in [1.54, 1.807) is 18.2 Å². The SMILES string of the molecule is O=C(Nc1nn(Cc2c(F)cccc2Cl)cc1Cl)c1ccc(COc2ccc3c(c2)CCC3)o1. The number of benzene rings is 2. The Morgan fingerprint density at radius 3 is 2.82 bits per heavy atom. The Morgan fingerprint density at radius 1 is 1.12 bits per heavy atom. The third-order valence-corrected chi connectivity index (χ3v) is 6.30. The number of carbonyl (C=O) groups excluding carboxylic acids is 1. The molecule has 0 aliphatic heterocycles. The van der Waals surface area contributed by atoms with Gasteiger partial charge in [0, 0.05) is 16.8 Å². The molecule has 0 fully saturated rings. The lowest BCUT2D eigenvalue weighted by Gasteiger charge is -2.07. The Morgan fingerprint density at radius 2 is 1.97 bits per heavy atom. The van der Waals surface area contributed by atoms with Crippen LogP contribution < -0.4 is 10.1 Å². The standard InChI is InChI=1S/C25H20Cl2FN3O3/c26-20-5-2-6-22(28)19(20)12-31-13-21(27)24(30-31)29-25(32)23-10-9-18(34-23)14-33-17-8-7-15-3-1-4-16(15)11-17/h2,5-11,13H,1,3-4,12,14H2,(H,29,30,32). The van der Waals surface area contributed by atoms with Crippen LogP contribution in [0.5, 0.6) is 5.75 Å². The zero-order valence-corrected chi connectivity index (χ0v) is 19.5. The maximum Gasteiger partial charge on any atom is 0.292 e. The number of hydrogen-bond acceptors (Lipinski definition) is 4. The average molecular weight is 500 g/mol. The van der Waals surface area contributed by atoms with Gasteiger partial charge in [0.05, 0.1) is 6.54 Å². The van der Waals surface area contributed by atoms with Gasteiger partial charge in [-0.25, -0.2) is 4.39 Å². The third-order valence-electron chi connectivity index (χ3n) is 5.67.